The third-order valence-electron chi connectivity index (χ3n) is 5.22. The summed E-state index contributed by atoms with van der Waals surface area (Å²) < 4.78 is 28.5. The molecule has 31 heavy (non-hydrogen) atoms. The van der Waals surface area contributed by atoms with Gasteiger partial charge in [0.1, 0.15) is 5.75 Å². The Kier molecular flexibility index (Phi) is 7.28. The standard InChI is InChI=1S/C24H26O6S/c1-4-29-22(25)24(23(26)30-5-2)16-18(24)11-8-9-15-31(27)21-19-12-7-6-10-17(19)13-14-20(21)28-3/h6-15,18H,4-5,16H2,1-3H3/b11-8+,15-9+. The Labute approximate surface area is 184 Å². The zero-order valence-electron chi connectivity index (χ0n) is 17.8. The summed E-state index contributed by atoms with van der Waals surface area (Å²) in [7, 11) is 0.101. The molecule has 0 N–H and O–H groups in total. The lowest BCUT2D eigenvalue weighted by Gasteiger charge is -2.13. The highest BCUT2D eigenvalue weighted by Gasteiger charge is 2.67. The van der Waals surface area contributed by atoms with Gasteiger partial charge in [-0.1, -0.05) is 48.6 Å². The number of fused-ring (bicyclic) bond motifs is 1. The second-order valence-electron chi connectivity index (χ2n) is 7.05. The van der Waals surface area contributed by atoms with E-state index >= 15 is 0 Å². The molecule has 0 bridgehead atoms. The molecule has 1 aliphatic rings. The van der Waals surface area contributed by atoms with Gasteiger partial charge in [0.2, 0.25) is 0 Å². The number of esters is 2. The lowest BCUT2D eigenvalue weighted by atomic mass is 10.0. The summed E-state index contributed by atoms with van der Waals surface area (Å²) in [6, 6.07) is 11.4. The monoisotopic (exact) mass is 442 g/mol. The first-order valence-corrected chi connectivity index (χ1v) is 11.4. The predicted octanol–water partition coefficient (Wildman–Crippen LogP) is 4.16. The number of hydrogen-bond acceptors (Lipinski definition) is 6. The Morgan fingerprint density at radius 2 is 1.74 bits per heavy atom. The fourth-order valence-corrected chi connectivity index (χ4v) is 4.69. The first-order valence-electron chi connectivity index (χ1n) is 10.1. The van der Waals surface area contributed by atoms with Crippen LogP contribution in [0.15, 0.2) is 64.9 Å². The quantitative estimate of drug-likeness (QED) is 0.330. The number of benzene rings is 2. The molecule has 2 unspecified atom stereocenters. The van der Waals surface area contributed by atoms with Gasteiger partial charge in [-0.05, 0) is 31.7 Å². The summed E-state index contributed by atoms with van der Waals surface area (Å²) in [5, 5.41) is 3.39. The molecule has 0 spiro atoms. The van der Waals surface area contributed by atoms with E-state index in [-0.39, 0.29) is 19.1 Å². The molecule has 164 valence electrons. The fourth-order valence-electron chi connectivity index (χ4n) is 3.57. The van der Waals surface area contributed by atoms with Crippen molar-refractivity contribution in [1.29, 1.82) is 0 Å². The van der Waals surface area contributed by atoms with E-state index in [4.69, 9.17) is 14.2 Å². The third kappa shape index (κ3) is 4.56. The van der Waals surface area contributed by atoms with Crippen LogP contribution >= 0.6 is 0 Å². The highest BCUT2D eigenvalue weighted by Crippen LogP contribution is 2.55. The molecule has 1 saturated carbocycles. The summed E-state index contributed by atoms with van der Waals surface area (Å²) >= 11 is 0. The number of methoxy groups -OCH3 is 1. The minimum absolute atomic E-state index is 0.197. The lowest BCUT2D eigenvalue weighted by molar-refractivity contribution is -0.164. The minimum Gasteiger partial charge on any atom is -0.495 e. The van der Waals surface area contributed by atoms with Gasteiger partial charge >= 0.3 is 11.9 Å². The third-order valence-corrected chi connectivity index (χ3v) is 6.44. The number of carbonyl (C=O) groups excluding carboxylic acids is 2. The van der Waals surface area contributed by atoms with Gasteiger partial charge in [-0.2, -0.15) is 0 Å². The Morgan fingerprint density at radius 3 is 2.39 bits per heavy atom. The van der Waals surface area contributed by atoms with Crippen molar-refractivity contribution in [2.24, 2.45) is 11.3 Å². The van der Waals surface area contributed by atoms with Crippen LogP contribution in [0, 0.1) is 11.3 Å². The topological polar surface area (TPSA) is 78.9 Å². The number of rotatable bonds is 9. The van der Waals surface area contributed by atoms with Gasteiger partial charge in [-0.3, -0.25) is 9.59 Å². The van der Waals surface area contributed by atoms with Crippen molar-refractivity contribution < 1.29 is 28.0 Å². The smallest absolute Gasteiger partial charge is 0.324 e. The minimum atomic E-state index is -1.45. The maximum Gasteiger partial charge on any atom is 0.324 e. The van der Waals surface area contributed by atoms with Gasteiger partial charge in [0, 0.05) is 16.7 Å². The van der Waals surface area contributed by atoms with E-state index in [0.717, 1.165) is 10.8 Å². The summed E-state index contributed by atoms with van der Waals surface area (Å²) in [5.41, 5.74) is -1.27. The number of ether oxygens (including phenoxy) is 3. The molecule has 0 heterocycles. The van der Waals surface area contributed by atoms with Crippen LogP contribution in [0.4, 0.5) is 0 Å². The van der Waals surface area contributed by atoms with Gasteiger partial charge < -0.3 is 14.2 Å². The molecule has 2 aromatic carbocycles. The van der Waals surface area contributed by atoms with Crippen molar-refractivity contribution in [3.63, 3.8) is 0 Å². The van der Waals surface area contributed by atoms with Crippen molar-refractivity contribution in [3.8, 4) is 5.75 Å². The normalized spacial score (nSPS) is 18.2. The van der Waals surface area contributed by atoms with E-state index < -0.39 is 28.2 Å². The zero-order valence-corrected chi connectivity index (χ0v) is 18.6. The van der Waals surface area contributed by atoms with E-state index in [1.807, 2.05) is 30.3 Å². The lowest BCUT2D eigenvalue weighted by Crippen LogP contribution is -2.31. The van der Waals surface area contributed by atoms with Crippen molar-refractivity contribution >= 4 is 33.5 Å². The van der Waals surface area contributed by atoms with E-state index in [0.29, 0.717) is 17.1 Å². The highest BCUT2D eigenvalue weighted by molar-refractivity contribution is 7.88. The SMILES string of the molecule is CCOC(=O)C1(C(=O)OCC)CC1/C=C/C=C/S(=O)c1c(OC)ccc2ccccc12. The number of carbonyl (C=O) groups is 2. The van der Waals surface area contributed by atoms with Gasteiger partial charge in [-0.15, -0.1) is 0 Å². The maximum atomic E-state index is 13.0. The predicted molar refractivity (Wildman–Crippen MR) is 119 cm³/mol. The Morgan fingerprint density at radius 1 is 1.06 bits per heavy atom. The molecule has 0 saturated heterocycles. The molecule has 0 aliphatic heterocycles. The number of allylic oxidation sites excluding steroid dienone is 3. The average Bonchev–Trinajstić information content (AvgIpc) is 3.51. The van der Waals surface area contributed by atoms with Crippen molar-refractivity contribution in [1.82, 2.24) is 0 Å². The van der Waals surface area contributed by atoms with Gasteiger partial charge in [0.05, 0.1) is 36.0 Å². The van der Waals surface area contributed by atoms with Gasteiger partial charge in [0.15, 0.2) is 5.41 Å². The first kappa shape index (κ1) is 22.7. The van der Waals surface area contributed by atoms with E-state index in [1.54, 1.807) is 50.7 Å². The first-order chi connectivity index (χ1) is 15.0. The molecule has 2 atom stereocenters. The van der Waals surface area contributed by atoms with E-state index in [1.165, 1.54) is 0 Å². The van der Waals surface area contributed by atoms with Crippen molar-refractivity contribution in [2.75, 3.05) is 20.3 Å². The second kappa shape index (κ2) is 9.92. The molecule has 2 aromatic rings. The molecule has 0 radical (unpaired) electrons. The molecular weight excluding hydrogens is 416 g/mol. The Bertz CT molecular complexity index is 1040. The average molecular weight is 443 g/mol. The fraction of sp³-hybridized carbons (Fsp3) is 0.333. The molecule has 1 fully saturated rings. The van der Waals surface area contributed by atoms with Crippen LogP contribution in [0.1, 0.15) is 20.3 Å². The molecule has 6 nitrogen and oxygen atoms in total. The number of hydrogen-bond donors (Lipinski definition) is 0. The van der Waals surface area contributed by atoms with Crippen LogP contribution in [0.3, 0.4) is 0 Å². The molecule has 3 rings (SSSR count). The Balaban J connectivity index is 1.77. The van der Waals surface area contributed by atoms with Crippen molar-refractivity contribution in [2.45, 2.75) is 25.2 Å². The summed E-state index contributed by atoms with van der Waals surface area (Å²) in [6.07, 6.45) is 5.44. The van der Waals surface area contributed by atoms with Crippen LogP contribution < -0.4 is 4.74 Å². The summed E-state index contributed by atoms with van der Waals surface area (Å²) in [6.45, 7) is 3.79. The van der Waals surface area contributed by atoms with Gasteiger partial charge in [0.25, 0.3) is 0 Å². The van der Waals surface area contributed by atoms with Crippen LogP contribution in [0.5, 0.6) is 5.75 Å². The van der Waals surface area contributed by atoms with Crippen LogP contribution in [0.2, 0.25) is 0 Å². The van der Waals surface area contributed by atoms with Crippen LogP contribution in [-0.4, -0.2) is 36.5 Å². The highest BCUT2D eigenvalue weighted by atomic mass is 32.2. The second-order valence-corrected chi connectivity index (χ2v) is 8.33. The van der Waals surface area contributed by atoms with E-state index in [9.17, 15) is 13.8 Å². The Hall–Kier alpha value is -2.93. The largest absolute Gasteiger partial charge is 0.495 e. The summed E-state index contributed by atoms with van der Waals surface area (Å²) in [4.78, 5) is 25.3. The molecule has 7 heteroatoms. The zero-order chi connectivity index (χ0) is 22.4. The van der Waals surface area contributed by atoms with Crippen molar-refractivity contribution in [3.05, 3.63) is 60.0 Å². The maximum absolute atomic E-state index is 13.0. The van der Waals surface area contributed by atoms with Crippen LogP contribution in [0.25, 0.3) is 10.8 Å². The molecular formula is C24H26O6S. The molecule has 0 aromatic heterocycles. The molecule has 1 aliphatic carbocycles. The summed E-state index contributed by atoms with van der Waals surface area (Å²) in [5.74, 6) is -0.875. The van der Waals surface area contributed by atoms with E-state index in [2.05, 4.69) is 0 Å². The molecule has 0 amide bonds. The van der Waals surface area contributed by atoms with Crippen LogP contribution in [-0.2, 0) is 29.9 Å². The van der Waals surface area contributed by atoms with Gasteiger partial charge in [-0.25, -0.2) is 4.21 Å².